The first-order valence-corrected chi connectivity index (χ1v) is 5.55. The van der Waals surface area contributed by atoms with Crippen LogP contribution in [0.15, 0.2) is 0 Å². The Morgan fingerprint density at radius 1 is 1.47 bits per heavy atom. The molecule has 0 radical (unpaired) electrons. The lowest BCUT2D eigenvalue weighted by atomic mass is 10.0. The van der Waals surface area contributed by atoms with Gasteiger partial charge < -0.3 is 14.7 Å². The van der Waals surface area contributed by atoms with E-state index in [1.165, 1.54) is 4.90 Å². The summed E-state index contributed by atoms with van der Waals surface area (Å²) in [5.74, 6) is -2.11. The van der Waals surface area contributed by atoms with Gasteiger partial charge in [0.25, 0.3) is 0 Å². The molecule has 1 heterocycles. The fourth-order valence-electron chi connectivity index (χ4n) is 1.72. The number of amides is 1. The fraction of sp³-hybridized carbons (Fsp3) is 0.818. The van der Waals surface area contributed by atoms with Crippen LogP contribution < -0.4 is 0 Å². The number of hydrogen-bond acceptors (Lipinski definition) is 3. The van der Waals surface area contributed by atoms with Gasteiger partial charge in [0.1, 0.15) is 5.60 Å². The highest BCUT2D eigenvalue weighted by Gasteiger charge is 2.37. The zero-order chi connectivity index (χ0) is 13.2. The van der Waals surface area contributed by atoms with Crippen molar-refractivity contribution in [1.29, 1.82) is 0 Å². The van der Waals surface area contributed by atoms with E-state index in [0.717, 1.165) is 0 Å². The second kappa shape index (κ2) is 4.89. The number of carbonyl (C=O) groups is 2. The summed E-state index contributed by atoms with van der Waals surface area (Å²) in [5, 5.41) is 8.54. The minimum atomic E-state index is -1.91. The smallest absolute Gasteiger partial charge is 0.410 e. The molecule has 1 aliphatic rings. The summed E-state index contributed by atoms with van der Waals surface area (Å²) in [6.45, 7) is 5.67. The van der Waals surface area contributed by atoms with Gasteiger partial charge in [0.15, 0.2) is 0 Å². The summed E-state index contributed by atoms with van der Waals surface area (Å²) in [5.41, 5.74) is -0.600. The molecular formula is C11H18FNO4. The molecule has 1 N–H and O–H groups in total. The fourth-order valence-corrected chi connectivity index (χ4v) is 1.72. The van der Waals surface area contributed by atoms with Gasteiger partial charge in [0.2, 0.25) is 6.17 Å². The molecular weight excluding hydrogens is 229 g/mol. The van der Waals surface area contributed by atoms with E-state index in [2.05, 4.69) is 0 Å². The number of ether oxygens (including phenoxy) is 1. The Morgan fingerprint density at radius 3 is 2.53 bits per heavy atom. The average Bonchev–Trinajstić information content (AvgIpc) is 2.62. The number of alkyl halides is 1. The molecule has 0 aromatic heterocycles. The molecule has 1 saturated heterocycles. The van der Waals surface area contributed by atoms with Gasteiger partial charge >= 0.3 is 12.1 Å². The van der Waals surface area contributed by atoms with Crippen molar-refractivity contribution in [2.45, 2.75) is 39.0 Å². The number of aliphatic carboxylic acids is 1. The van der Waals surface area contributed by atoms with Crippen LogP contribution in [0.1, 0.15) is 27.2 Å². The highest BCUT2D eigenvalue weighted by molar-refractivity contribution is 5.73. The number of rotatable bonds is 2. The number of hydrogen-bond donors (Lipinski definition) is 1. The molecule has 17 heavy (non-hydrogen) atoms. The summed E-state index contributed by atoms with van der Waals surface area (Å²) in [4.78, 5) is 23.5. The van der Waals surface area contributed by atoms with Crippen LogP contribution in [0.3, 0.4) is 0 Å². The van der Waals surface area contributed by atoms with Crippen LogP contribution in [0, 0.1) is 5.92 Å². The quantitative estimate of drug-likeness (QED) is 0.806. The summed E-state index contributed by atoms with van der Waals surface area (Å²) >= 11 is 0. The van der Waals surface area contributed by atoms with Crippen molar-refractivity contribution in [2.24, 2.45) is 5.92 Å². The zero-order valence-corrected chi connectivity index (χ0v) is 10.3. The number of carboxylic acid groups (broad SMARTS) is 1. The molecule has 2 atom stereocenters. The van der Waals surface area contributed by atoms with Crippen molar-refractivity contribution in [3.8, 4) is 0 Å². The minimum Gasteiger partial charge on any atom is -0.479 e. The number of nitrogens with zero attached hydrogens (tertiary/aromatic N) is 1. The van der Waals surface area contributed by atoms with E-state index in [9.17, 15) is 14.0 Å². The highest BCUT2D eigenvalue weighted by Crippen LogP contribution is 2.23. The Labute approximate surface area is 99.5 Å². The minimum absolute atomic E-state index is 0.0996. The standard InChI is InChI=1S/C11H18FNO4/c1-11(2,3)17-10(16)13-5-4-7(6-13)8(12)9(14)15/h7-8H,4-6H2,1-3H3,(H,14,15)/t7-,8-/m1/s1. The van der Waals surface area contributed by atoms with Gasteiger partial charge in [0, 0.05) is 19.0 Å². The number of carbonyl (C=O) groups excluding carboxylic acids is 1. The molecule has 0 aromatic carbocycles. The van der Waals surface area contributed by atoms with Crippen LogP contribution in [-0.2, 0) is 9.53 Å². The maximum atomic E-state index is 13.2. The van der Waals surface area contributed by atoms with Crippen LogP contribution in [0.2, 0.25) is 0 Å². The zero-order valence-electron chi connectivity index (χ0n) is 10.3. The maximum absolute atomic E-state index is 13.2. The molecule has 0 aliphatic carbocycles. The predicted molar refractivity (Wildman–Crippen MR) is 58.4 cm³/mol. The van der Waals surface area contributed by atoms with E-state index >= 15 is 0 Å². The Morgan fingerprint density at radius 2 is 2.06 bits per heavy atom. The molecule has 1 aliphatic heterocycles. The van der Waals surface area contributed by atoms with Gasteiger partial charge in [-0.25, -0.2) is 14.0 Å². The van der Waals surface area contributed by atoms with Crippen LogP contribution in [0.25, 0.3) is 0 Å². The van der Waals surface area contributed by atoms with Crippen molar-refractivity contribution in [2.75, 3.05) is 13.1 Å². The molecule has 0 spiro atoms. The van der Waals surface area contributed by atoms with E-state index in [4.69, 9.17) is 9.84 Å². The van der Waals surface area contributed by atoms with E-state index in [1.807, 2.05) is 0 Å². The van der Waals surface area contributed by atoms with E-state index in [1.54, 1.807) is 20.8 Å². The predicted octanol–water partition coefficient (Wildman–Crippen LogP) is 1.67. The van der Waals surface area contributed by atoms with E-state index in [0.29, 0.717) is 13.0 Å². The Hall–Kier alpha value is -1.33. The first-order valence-electron chi connectivity index (χ1n) is 5.55. The second-order valence-corrected chi connectivity index (χ2v) is 5.22. The van der Waals surface area contributed by atoms with Crippen molar-refractivity contribution in [3.63, 3.8) is 0 Å². The summed E-state index contributed by atoms with van der Waals surface area (Å²) in [6, 6.07) is 0. The van der Waals surface area contributed by atoms with Crippen molar-refractivity contribution < 1.29 is 23.8 Å². The summed E-state index contributed by atoms with van der Waals surface area (Å²) in [7, 11) is 0. The molecule has 0 unspecified atom stereocenters. The molecule has 5 nitrogen and oxygen atoms in total. The third-order valence-electron chi connectivity index (χ3n) is 2.53. The molecule has 98 valence electrons. The Kier molecular flexibility index (Phi) is 3.95. The molecule has 1 rings (SSSR count). The first kappa shape index (κ1) is 13.7. The number of likely N-dealkylation sites (tertiary alicyclic amines) is 1. The maximum Gasteiger partial charge on any atom is 0.410 e. The number of halogens is 1. The van der Waals surface area contributed by atoms with Crippen LogP contribution >= 0.6 is 0 Å². The van der Waals surface area contributed by atoms with Gasteiger partial charge in [-0.15, -0.1) is 0 Å². The molecule has 0 bridgehead atoms. The molecule has 6 heteroatoms. The lowest BCUT2D eigenvalue weighted by Crippen LogP contribution is -2.36. The summed E-state index contributed by atoms with van der Waals surface area (Å²) < 4.78 is 18.4. The van der Waals surface area contributed by atoms with E-state index in [-0.39, 0.29) is 6.54 Å². The number of carboxylic acids is 1. The topological polar surface area (TPSA) is 66.8 Å². The third kappa shape index (κ3) is 3.87. The van der Waals surface area contributed by atoms with Gasteiger partial charge in [-0.3, -0.25) is 0 Å². The lowest BCUT2D eigenvalue weighted by molar-refractivity contribution is -0.144. The highest BCUT2D eigenvalue weighted by atomic mass is 19.1. The van der Waals surface area contributed by atoms with Crippen molar-refractivity contribution >= 4 is 12.1 Å². The molecule has 0 aromatic rings. The average molecular weight is 247 g/mol. The third-order valence-corrected chi connectivity index (χ3v) is 2.53. The van der Waals surface area contributed by atoms with Crippen LogP contribution in [0.4, 0.5) is 9.18 Å². The van der Waals surface area contributed by atoms with Gasteiger partial charge in [-0.05, 0) is 27.2 Å². The van der Waals surface area contributed by atoms with Gasteiger partial charge in [-0.2, -0.15) is 0 Å². The second-order valence-electron chi connectivity index (χ2n) is 5.22. The van der Waals surface area contributed by atoms with E-state index < -0.39 is 29.8 Å². The van der Waals surface area contributed by atoms with Gasteiger partial charge in [-0.1, -0.05) is 0 Å². The summed E-state index contributed by atoms with van der Waals surface area (Å²) in [6.07, 6.45) is -2.08. The van der Waals surface area contributed by atoms with Gasteiger partial charge in [0.05, 0.1) is 0 Å². The molecule has 1 fully saturated rings. The van der Waals surface area contributed by atoms with Crippen molar-refractivity contribution in [1.82, 2.24) is 4.90 Å². The Bertz CT molecular complexity index is 313. The largest absolute Gasteiger partial charge is 0.479 e. The first-order chi connectivity index (χ1) is 7.70. The SMILES string of the molecule is CC(C)(C)OC(=O)N1CC[C@@H]([C@@H](F)C(=O)O)C1. The van der Waals surface area contributed by atoms with Crippen LogP contribution in [-0.4, -0.2) is 46.9 Å². The monoisotopic (exact) mass is 247 g/mol. The molecule has 1 amide bonds. The lowest BCUT2D eigenvalue weighted by Gasteiger charge is -2.24. The normalized spacial score (nSPS) is 22.4. The Balaban J connectivity index is 2.50. The molecule has 0 saturated carbocycles. The van der Waals surface area contributed by atoms with Crippen LogP contribution in [0.5, 0.6) is 0 Å². The van der Waals surface area contributed by atoms with Crippen molar-refractivity contribution in [3.05, 3.63) is 0 Å².